The van der Waals surface area contributed by atoms with E-state index in [2.05, 4.69) is 24.8 Å². The number of nitrogens with zero attached hydrogens (tertiary/aromatic N) is 6. The third-order valence-corrected chi connectivity index (χ3v) is 6.26. The number of rotatable bonds is 3. The van der Waals surface area contributed by atoms with Gasteiger partial charge in [0.15, 0.2) is 11.5 Å². The van der Waals surface area contributed by atoms with E-state index in [4.69, 9.17) is 17.3 Å². The van der Waals surface area contributed by atoms with Crippen LogP contribution in [0.15, 0.2) is 30.6 Å². The Balaban J connectivity index is 1.25. The molecule has 3 aromatic rings. The summed E-state index contributed by atoms with van der Waals surface area (Å²) in [5.74, 6) is 0.808. The smallest absolute Gasteiger partial charge is 0.253 e. The Bertz CT molecular complexity index is 1100. The molecule has 0 saturated carbocycles. The molecule has 2 aliphatic heterocycles. The zero-order chi connectivity index (χ0) is 21.5. The van der Waals surface area contributed by atoms with Crippen molar-refractivity contribution in [1.82, 2.24) is 29.7 Å². The lowest BCUT2D eigenvalue weighted by Gasteiger charge is -2.38. The predicted molar refractivity (Wildman–Crippen MR) is 117 cm³/mol. The van der Waals surface area contributed by atoms with Crippen molar-refractivity contribution in [3.05, 3.63) is 41.2 Å². The maximum Gasteiger partial charge on any atom is 0.253 e. The van der Waals surface area contributed by atoms with E-state index in [1.165, 1.54) is 0 Å². The fraction of sp³-hybridized carbons (Fsp3) is 0.400. The van der Waals surface area contributed by atoms with Crippen molar-refractivity contribution in [2.75, 3.05) is 49.9 Å². The molecule has 2 aliphatic rings. The number of imidazole rings is 1. The number of aliphatic hydroxyl groups excluding tert-OH is 1. The second-order valence-electron chi connectivity index (χ2n) is 7.88. The lowest BCUT2D eigenvalue weighted by Crippen LogP contribution is -2.54. The minimum absolute atomic E-state index is 0.00279. The number of piperazine rings is 1. The molecule has 10 nitrogen and oxygen atoms in total. The second kappa shape index (κ2) is 7.95. The van der Waals surface area contributed by atoms with Crippen LogP contribution in [0.2, 0.25) is 5.02 Å². The van der Waals surface area contributed by atoms with Gasteiger partial charge >= 0.3 is 0 Å². The molecule has 2 saturated heterocycles. The van der Waals surface area contributed by atoms with Crippen molar-refractivity contribution in [3.63, 3.8) is 0 Å². The number of nitrogens with two attached hydrogens (primary N) is 1. The molecule has 5 rings (SSSR count). The molecule has 2 fully saturated rings. The van der Waals surface area contributed by atoms with E-state index in [0.29, 0.717) is 66.8 Å². The van der Waals surface area contributed by atoms with Crippen LogP contribution in [0.4, 0.5) is 11.8 Å². The molecule has 1 amide bonds. The van der Waals surface area contributed by atoms with Gasteiger partial charge in [-0.25, -0.2) is 4.98 Å². The normalized spacial score (nSPS) is 22.4. The highest BCUT2D eigenvalue weighted by Gasteiger charge is 2.38. The molecule has 0 unspecified atom stereocenters. The first kappa shape index (κ1) is 20.0. The van der Waals surface area contributed by atoms with E-state index >= 15 is 0 Å². The number of anilines is 2. The Hall–Kier alpha value is -2.95. The summed E-state index contributed by atoms with van der Waals surface area (Å²) in [6.45, 7) is 3.66. The lowest BCUT2D eigenvalue weighted by molar-refractivity contribution is 0.0376. The summed E-state index contributed by atoms with van der Waals surface area (Å²) < 4.78 is 0. The number of benzene rings is 1. The van der Waals surface area contributed by atoms with Gasteiger partial charge in [-0.3, -0.25) is 9.69 Å². The maximum absolute atomic E-state index is 12.7. The fourth-order valence-corrected chi connectivity index (χ4v) is 4.52. The Morgan fingerprint density at radius 3 is 2.61 bits per heavy atom. The Labute approximate surface area is 183 Å². The highest BCUT2D eigenvalue weighted by molar-refractivity contribution is 6.30. The summed E-state index contributed by atoms with van der Waals surface area (Å²) in [4.78, 5) is 34.6. The van der Waals surface area contributed by atoms with Gasteiger partial charge in [-0.05, 0) is 24.3 Å². The molecule has 2 aromatic heterocycles. The van der Waals surface area contributed by atoms with Crippen molar-refractivity contribution in [1.29, 1.82) is 0 Å². The Morgan fingerprint density at radius 1 is 1.13 bits per heavy atom. The number of fused-ring (bicyclic) bond motifs is 1. The van der Waals surface area contributed by atoms with E-state index < -0.39 is 6.10 Å². The number of hydrogen-bond acceptors (Lipinski definition) is 8. The lowest BCUT2D eigenvalue weighted by atomic mass is 10.1. The molecular weight excluding hydrogens is 420 g/mol. The highest BCUT2D eigenvalue weighted by atomic mass is 35.5. The van der Waals surface area contributed by atoms with E-state index in [1.807, 2.05) is 9.80 Å². The van der Waals surface area contributed by atoms with Crippen LogP contribution >= 0.6 is 11.6 Å². The van der Waals surface area contributed by atoms with Gasteiger partial charge in [-0.1, -0.05) is 11.6 Å². The average molecular weight is 443 g/mol. The van der Waals surface area contributed by atoms with Gasteiger partial charge in [0.05, 0.1) is 18.5 Å². The van der Waals surface area contributed by atoms with E-state index in [-0.39, 0.29) is 17.9 Å². The number of aromatic amines is 1. The molecular formula is C20H23ClN8O2. The molecule has 0 aliphatic carbocycles. The van der Waals surface area contributed by atoms with Crippen LogP contribution in [0.25, 0.3) is 11.2 Å². The summed E-state index contributed by atoms with van der Waals surface area (Å²) in [5.41, 5.74) is 7.69. The third kappa shape index (κ3) is 3.78. The first-order valence-electron chi connectivity index (χ1n) is 10.2. The van der Waals surface area contributed by atoms with Crippen molar-refractivity contribution in [3.8, 4) is 0 Å². The zero-order valence-electron chi connectivity index (χ0n) is 16.8. The number of carbonyl (C=O) groups excluding carboxylic acids is 1. The fourth-order valence-electron chi connectivity index (χ4n) is 4.40. The minimum Gasteiger partial charge on any atom is -0.390 e. The number of amides is 1. The molecule has 11 heteroatoms. The van der Waals surface area contributed by atoms with Gasteiger partial charge in [0.25, 0.3) is 5.91 Å². The third-order valence-electron chi connectivity index (χ3n) is 6.00. The monoisotopic (exact) mass is 442 g/mol. The second-order valence-corrected chi connectivity index (χ2v) is 8.32. The summed E-state index contributed by atoms with van der Waals surface area (Å²) in [6.07, 6.45) is 1.02. The highest BCUT2D eigenvalue weighted by Crippen LogP contribution is 2.28. The molecule has 4 N–H and O–H groups in total. The maximum atomic E-state index is 12.7. The quantitative estimate of drug-likeness (QED) is 0.538. The molecule has 0 spiro atoms. The number of halogens is 1. The average Bonchev–Trinajstić information content (AvgIpc) is 3.40. The van der Waals surface area contributed by atoms with Gasteiger partial charge < -0.3 is 25.6 Å². The van der Waals surface area contributed by atoms with Crippen LogP contribution in [-0.4, -0.2) is 92.2 Å². The number of hydrogen-bond donors (Lipinski definition) is 3. The molecule has 2 atom stereocenters. The molecule has 31 heavy (non-hydrogen) atoms. The predicted octanol–water partition coefficient (Wildman–Crippen LogP) is 0.596. The van der Waals surface area contributed by atoms with Crippen LogP contribution in [-0.2, 0) is 0 Å². The Morgan fingerprint density at radius 2 is 1.87 bits per heavy atom. The van der Waals surface area contributed by atoms with Gasteiger partial charge in [0, 0.05) is 49.9 Å². The van der Waals surface area contributed by atoms with Crippen molar-refractivity contribution < 1.29 is 9.90 Å². The largest absolute Gasteiger partial charge is 0.390 e. The van der Waals surface area contributed by atoms with Gasteiger partial charge in [0.2, 0.25) is 5.95 Å². The van der Waals surface area contributed by atoms with Gasteiger partial charge in [0.1, 0.15) is 5.52 Å². The molecule has 0 radical (unpaired) electrons. The zero-order valence-corrected chi connectivity index (χ0v) is 17.5. The van der Waals surface area contributed by atoms with Crippen molar-refractivity contribution >= 4 is 40.4 Å². The summed E-state index contributed by atoms with van der Waals surface area (Å²) in [6, 6.07) is 6.90. The molecule has 1 aromatic carbocycles. The van der Waals surface area contributed by atoms with Crippen LogP contribution in [0.1, 0.15) is 10.4 Å². The van der Waals surface area contributed by atoms with E-state index in [9.17, 15) is 9.90 Å². The van der Waals surface area contributed by atoms with Crippen LogP contribution in [0.3, 0.4) is 0 Å². The number of nitrogen functional groups attached to an aromatic ring is 1. The summed E-state index contributed by atoms with van der Waals surface area (Å²) in [7, 11) is 0. The standard InChI is InChI=1S/C20H23ClN8O2/c21-13-3-1-12(2-4-13)19(31)28-7-5-27(6-8-28)14-9-29(10-15(14)30)18-16-17(24-11-23-16)25-20(22)26-18/h1-4,11,14-15,30H,5-10H2,(H3,22,23,24,25,26)/t14-,15-/m1/s1. The van der Waals surface area contributed by atoms with E-state index in [1.54, 1.807) is 30.6 Å². The van der Waals surface area contributed by atoms with E-state index in [0.717, 1.165) is 0 Å². The summed E-state index contributed by atoms with van der Waals surface area (Å²) in [5, 5.41) is 11.4. The number of carbonyl (C=O) groups is 1. The molecule has 162 valence electrons. The van der Waals surface area contributed by atoms with Crippen LogP contribution in [0.5, 0.6) is 0 Å². The SMILES string of the molecule is Nc1nc(N2C[C@@H](O)[C@H](N3CCN(C(=O)c4ccc(Cl)cc4)CC3)C2)c2[nH]cnc2n1. The summed E-state index contributed by atoms with van der Waals surface area (Å²) >= 11 is 5.92. The number of aliphatic hydroxyl groups is 1. The van der Waals surface area contributed by atoms with Gasteiger partial charge in [-0.2, -0.15) is 9.97 Å². The van der Waals surface area contributed by atoms with Gasteiger partial charge in [-0.15, -0.1) is 0 Å². The number of H-pyrrole nitrogens is 1. The topological polar surface area (TPSA) is 127 Å². The number of aromatic nitrogens is 4. The first-order valence-corrected chi connectivity index (χ1v) is 10.6. The number of β-amino-alcohol motifs (C(OH)–C–C–N with tert-alkyl or cyclic N) is 1. The van der Waals surface area contributed by atoms with Crippen molar-refractivity contribution in [2.45, 2.75) is 12.1 Å². The molecule has 0 bridgehead atoms. The Kier molecular flexibility index (Phi) is 5.12. The minimum atomic E-state index is -0.535. The van der Waals surface area contributed by atoms with Crippen molar-refractivity contribution in [2.24, 2.45) is 0 Å². The first-order chi connectivity index (χ1) is 15.0. The van der Waals surface area contributed by atoms with Crippen LogP contribution in [0, 0.1) is 0 Å². The number of nitrogens with one attached hydrogen (secondary N) is 1. The van der Waals surface area contributed by atoms with Crippen LogP contribution < -0.4 is 10.6 Å². The molecule has 4 heterocycles.